The normalized spacial score (nSPS) is 12.7. The maximum Gasteiger partial charge on any atom is 0.416 e. The molecule has 6 nitrogen and oxygen atoms in total. The van der Waals surface area contributed by atoms with Gasteiger partial charge in [0.1, 0.15) is 11.9 Å². The van der Waals surface area contributed by atoms with Crippen LogP contribution in [0.1, 0.15) is 38.1 Å². The Morgan fingerprint density at radius 2 is 1.84 bits per heavy atom. The van der Waals surface area contributed by atoms with Gasteiger partial charge in [0, 0.05) is 18.5 Å². The molecule has 3 aromatic rings. The third kappa shape index (κ3) is 6.32. The number of imidazole rings is 1. The molecule has 0 unspecified atom stereocenters. The van der Waals surface area contributed by atoms with Gasteiger partial charge in [-0.2, -0.15) is 13.2 Å². The van der Waals surface area contributed by atoms with Crippen LogP contribution in [0.2, 0.25) is 0 Å². The molecule has 0 bridgehead atoms. The van der Waals surface area contributed by atoms with Crippen LogP contribution in [-0.4, -0.2) is 27.8 Å². The highest BCUT2D eigenvalue weighted by Gasteiger charge is 2.31. The standard InChI is InChI=1S/C23H25F3N4O2/c1-14(2)12-19(22(32)27-16-7-5-6-15(13-16)23(24,25)26)30-21(31)11-10-20-28-17-8-3-4-9-18(17)29-20/h3-9,13-14,19H,10-12H2,1-2H3,(H,27,32)(H,28,29)(H,30,31)/t19-/m1/s1. The van der Waals surface area contributed by atoms with Crippen molar-refractivity contribution in [2.45, 2.75) is 45.3 Å². The zero-order valence-corrected chi connectivity index (χ0v) is 17.8. The molecule has 0 saturated carbocycles. The number of aromatic nitrogens is 2. The summed E-state index contributed by atoms with van der Waals surface area (Å²) < 4.78 is 38.8. The van der Waals surface area contributed by atoms with E-state index >= 15 is 0 Å². The molecule has 2 aromatic carbocycles. The Bertz CT molecular complexity index is 1060. The van der Waals surface area contributed by atoms with Crippen molar-refractivity contribution in [3.05, 3.63) is 59.9 Å². The minimum atomic E-state index is -4.51. The van der Waals surface area contributed by atoms with Crippen LogP contribution in [0.3, 0.4) is 0 Å². The molecule has 3 rings (SSSR count). The Morgan fingerprint density at radius 3 is 2.53 bits per heavy atom. The first-order chi connectivity index (χ1) is 15.1. The fourth-order valence-corrected chi connectivity index (χ4v) is 3.33. The number of amides is 2. The van der Waals surface area contributed by atoms with E-state index in [1.54, 1.807) is 0 Å². The van der Waals surface area contributed by atoms with Crippen LogP contribution in [-0.2, 0) is 22.2 Å². The molecule has 2 amide bonds. The highest BCUT2D eigenvalue weighted by molar-refractivity contribution is 5.97. The van der Waals surface area contributed by atoms with E-state index in [0.717, 1.165) is 23.2 Å². The lowest BCUT2D eigenvalue weighted by Crippen LogP contribution is -2.44. The number of rotatable bonds is 8. The maximum absolute atomic E-state index is 12.9. The van der Waals surface area contributed by atoms with Crippen LogP contribution in [0.15, 0.2) is 48.5 Å². The molecular formula is C23H25F3N4O2. The summed E-state index contributed by atoms with van der Waals surface area (Å²) in [7, 11) is 0. The van der Waals surface area contributed by atoms with Gasteiger partial charge in [-0.05, 0) is 42.7 Å². The fraction of sp³-hybridized carbons (Fsp3) is 0.348. The van der Waals surface area contributed by atoms with E-state index in [9.17, 15) is 22.8 Å². The van der Waals surface area contributed by atoms with Gasteiger partial charge >= 0.3 is 6.18 Å². The average molecular weight is 446 g/mol. The summed E-state index contributed by atoms with van der Waals surface area (Å²) in [5, 5.41) is 5.19. The first-order valence-corrected chi connectivity index (χ1v) is 10.3. The molecular weight excluding hydrogens is 421 g/mol. The van der Waals surface area contributed by atoms with Crippen molar-refractivity contribution >= 4 is 28.5 Å². The van der Waals surface area contributed by atoms with Gasteiger partial charge in [0.05, 0.1) is 16.6 Å². The molecule has 170 valence electrons. The van der Waals surface area contributed by atoms with Gasteiger partial charge in [-0.15, -0.1) is 0 Å². The van der Waals surface area contributed by atoms with Crippen LogP contribution < -0.4 is 10.6 Å². The van der Waals surface area contributed by atoms with Gasteiger partial charge in [0.25, 0.3) is 0 Å². The van der Waals surface area contributed by atoms with Crippen molar-refractivity contribution in [1.29, 1.82) is 0 Å². The predicted octanol–water partition coefficient (Wildman–Crippen LogP) is 4.68. The fourth-order valence-electron chi connectivity index (χ4n) is 3.33. The van der Waals surface area contributed by atoms with Crippen LogP contribution in [0.5, 0.6) is 0 Å². The summed E-state index contributed by atoms with van der Waals surface area (Å²) >= 11 is 0. The molecule has 0 spiro atoms. The summed E-state index contributed by atoms with van der Waals surface area (Å²) in [6, 6.07) is 11.1. The van der Waals surface area contributed by atoms with E-state index in [1.807, 2.05) is 38.1 Å². The third-order valence-electron chi connectivity index (χ3n) is 4.84. The number of benzene rings is 2. The lowest BCUT2D eigenvalue weighted by atomic mass is 10.0. The van der Waals surface area contributed by atoms with Crippen LogP contribution in [0.4, 0.5) is 18.9 Å². The van der Waals surface area contributed by atoms with Crippen molar-refractivity contribution in [2.75, 3.05) is 5.32 Å². The summed E-state index contributed by atoms with van der Waals surface area (Å²) in [5.41, 5.74) is 0.850. The summed E-state index contributed by atoms with van der Waals surface area (Å²) in [6.45, 7) is 3.79. The number of alkyl halides is 3. The average Bonchev–Trinajstić information content (AvgIpc) is 3.14. The highest BCUT2D eigenvalue weighted by Crippen LogP contribution is 2.30. The number of aryl methyl sites for hydroxylation is 1. The molecule has 0 aliphatic heterocycles. The number of carbonyl (C=O) groups is 2. The second-order valence-electron chi connectivity index (χ2n) is 8.02. The molecule has 0 aliphatic rings. The molecule has 1 atom stereocenters. The number of hydrogen-bond donors (Lipinski definition) is 3. The number of fused-ring (bicyclic) bond motifs is 1. The molecule has 32 heavy (non-hydrogen) atoms. The van der Waals surface area contributed by atoms with Crippen LogP contribution in [0.25, 0.3) is 11.0 Å². The largest absolute Gasteiger partial charge is 0.416 e. The monoisotopic (exact) mass is 446 g/mol. The molecule has 1 heterocycles. The lowest BCUT2D eigenvalue weighted by Gasteiger charge is -2.20. The number of H-pyrrole nitrogens is 1. The lowest BCUT2D eigenvalue weighted by molar-refractivity contribution is -0.137. The van der Waals surface area contributed by atoms with Crippen molar-refractivity contribution in [3.8, 4) is 0 Å². The van der Waals surface area contributed by atoms with E-state index in [1.165, 1.54) is 12.1 Å². The SMILES string of the molecule is CC(C)C[C@@H](NC(=O)CCc1nc2ccccc2[nH]1)C(=O)Nc1cccc(C(F)(F)F)c1. The van der Waals surface area contributed by atoms with Crippen molar-refractivity contribution < 1.29 is 22.8 Å². The highest BCUT2D eigenvalue weighted by atomic mass is 19.4. The van der Waals surface area contributed by atoms with Gasteiger partial charge in [0.15, 0.2) is 0 Å². The van der Waals surface area contributed by atoms with Gasteiger partial charge in [-0.25, -0.2) is 4.98 Å². The summed E-state index contributed by atoms with van der Waals surface area (Å²) in [4.78, 5) is 32.8. The minimum absolute atomic E-state index is 0.0232. The van der Waals surface area contributed by atoms with E-state index in [2.05, 4.69) is 20.6 Å². The number of halogens is 3. The first kappa shape index (κ1) is 23.3. The van der Waals surface area contributed by atoms with E-state index in [4.69, 9.17) is 0 Å². The quantitative estimate of drug-likeness (QED) is 0.469. The van der Waals surface area contributed by atoms with Crippen molar-refractivity contribution in [2.24, 2.45) is 5.92 Å². The molecule has 1 aromatic heterocycles. The molecule has 0 aliphatic carbocycles. The van der Waals surface area contributed by atoms with E-state index in [0.29, 0.717) is 18.7 Å². The molecule has 0 saturated heterocycles. The second-order valence-corrected chi connectivity index (χ2v) is 8.02. The van der Waals surface area contributed by atoms with E-state index in [-0.39, 0.29) is 23.9 Å². The minimum Gasteiger partial charge on any atom is -0.344 e. The Labute approximate surface area is 183 Å². The topological polar surface area (TPSA) is 86.9 Å². The Hall–Kier alpha value is -3.36. The molecule has 0 radical (unpaired) electrons. The number of nitrogens with one attached hydrogen (secondary N) is 3. The van der Waals surface area contributed by atoms with E-state index < -0.39 is 23.7 Å². The summed E-state index contributed by atoms with van der Waals surface area (Å²) in [6.07, 6.45) is -3.68. The summed E-state index contributed by atoms with van der Waals surface area (Å²) in [5.74, 6) is -0.150. The smallest absolute Gasteiger partial charge is 0.344 e. The van der Waals surface area contributed by atoms with Crippen LogP contribution >= 0.6 is 0 Å². The van der Waals surface area contributed by atoms with Gasteiger partial charge < -0.3 is 15.6 Å². The second kappa shape index (κ2) is 9.84. The number of para-hydroxylation sites is 2. The molecule has 3 N–H and O–H groups in total. The number of hydrogen-bond acceptors (Lipinski definition) is 3. The number of carbonyl (C=O) groups excluding carboxylic acids is 2. The van der Waals surface area contributed by atoms with Gasteiger partial charge in [0.2, 0.25) is 11.8 Å². The van der Waals surface area contributed by atoms with Gasteiger partial charge in [-0.1, -0.05) is 32.0 Å². The Kier molecular flexibility index (Phi) is 7.17. The Balaban J connectivity index is 1.62. The number of anilines is 1. The predicted molar refractivity (Wildman–Crippen MR) is 116 cm³/mol. The first-order valence-electron chi connectivity index (χ1n) is 10.3. The van der Waals surface area contributed by atoms with Gasteiger partial charge in [-0.3, -0.25) is 9.59 Å². The number of aromatic amines is 1. The Morgan fingerprint density at radius 1 is 1.09 bits per heavy atom. The zero-order chi connectivity index (χ0) is 23.3. The third-order valence-corrected chi connectivity index (χ3v) is 4.84. The zero-order valence-electron chi connectivity index (χ0n) is 17.8. The van der Waals surface area contributed by atoms with Crippen LogP contribution in [0, 0.1) is 5.92 Å². The van der Waals surface area contributed by atoms with Crippen molar-refractivity contribution in [1.82, 2.24) is 15.3 Å². The maximum atomic E-state index is 12.9. The molecule has 0 fully saturated rings. The number of nitrogens with zero attached hydrogens (tertiary/aromatic N) is 1. The van der Waals surface area contributed by atoms with Crippen molar-refractivity contribution in [3.63, 3.8) is 0 Å². The molecule has 9 heteroatoms.